The summed E-state index contributed by atoms with van der Waals surface area (Å²) in [6.07, 6.45) is -2.72. The van der Waals surface area contributed by atoms with Crippen molar-refractivity contribution >= 4 is 44.1 Å². The molecule has 3 radical (unpaired) electrons. The Morgan fingerprint density at radius 1 is 1.00 bits per heavy atom. The summed E-state index contributed by atoms with van der Waals surface area (Å²) in [6, 6.07) is 0. The second kappa shape index (κ2) is 7.99. The third-order valence-electron chi connectivity index (χ3n) is 1.25. The van der Waals surface area contributed by atoms with Crippen LogP contribution in [0.4, 0.5) is 0 Å². The largest absolute Gasteiger partial charge is 3.00 e. The Morgan fingerprint density at radius 3 is 1.40 bits per heavy atom. The fraction of sp³-hybridized carbons (Fsp3) is 0.500. The summed E-state index contributed by atoms with van der Waals surface area (Å²) in [6.45, 7) is 0. The summed E-state index contributed by atoms with van der Waals surface area (Å²) < 4.78 is 0. The third-order valence-corrected chi connectivity index (χ3v) is 1.25. The summed E-state index contributed by atoms with van der Waals surface area (Å²) in [5, 5.41) is 38.9. The van der Waals surface area contributed by atoms with Gasteiger partial charge < -0.3 is 34.8 Å². The molecule has 0 bridgehead atoms. The quantitative estimate of drug-likeness (QED) is 0.402. The van der Waals surface area contributed by atoms with E-state index in [9.17, 15) is 29.7 Å². The summed E-state index contributed by atoms with van der Waals surface area (Å²) in [4.78, 5) is 30.0. The fourth-order valence-electron chi connectivity index (χ4n) is 0.684. The number of carboxylic acid groups (broad SMARTS) is 3. The second-order valence-corrected chi connectivity index (χ2v) is 2.42. The van der Waals surface area contributed by atoms with Gasteiger partial charge in [0.05, 0.1) is 5.97 Å². The molecular weight excluding hydrogens is 457 g/mol. The molecule has 15 heavy (non-hydrogen) atoms. The third kappa shape index (κ3) is 7.67. The average molecular weight is 462 g/mol. The van der Waals surface area contributed by atoms with E-state index in [-0.39, 0.29) is 43.3 Å². The van der Waals surface area contributed by atoms with Crippen LogP contribution in [0.1, 0.15) is 12.8 Å². The minimum atomic E-state index is -2.97. The van der Waals surface area contributed by atoms with Gasteiger partial charge in [-0.3, -0.25) is 0 Å². The molecule has 0 atom stereocenters. The smallest absolute Gasteiger partial charge is 0.550 e. The zero-order chi connectivity index (χ0) is 10.6. The van der Waals surface area contributed by atoms with E-state index in [4.69, 9.17) is 5.11 Å². The summed E-state index contributed by atoms with van der Waals surface area (Å²) in [5.41, 5.74) is -2.97. The van der Waals surface area contributed by atoms with E-state index < -0.39 is 36.4 Å². The molecule has 0 unspecified atom stereocenters. The van der Waals surface area contributed by atoms with Gasteiger partial charge in [-0.05, 0) is 0 Å². The molecule has 1 N–H and O–H groups in total. The second-order valence-electron chi connectivity index (χ2n) is 2.42. The van der Waals surface area contributed by atoms with Gasteiger partial charge in [0.2, 0.25) is 0 Å². The van der Waals surface area contributed by atoms with E-state index in [1.54, 1.807) is 0 Å². The maximum atomic E-state index is 10.1. The Bertz CT molecular complexity index is 238. The zero-order valence-corrected chi connectivity index (χ0v) is 11.5. The molecule has 0 rings (SSSR count). The molecule has 0 spiro atoms. The maximum Gasteiger partial charge on any atom is 3.00 e. The number of aliphatic hydroxyl groups is 1. The van der Waals surface area contributed by atoms with Crippen LogP contribution in [0.5, 0.6) is 0 Å². The standard InChI is InChI=1S/C6H8O7.Bi.Cu/c7-3(8)1-6(13,5(11)12)2-4(9)10;;/h13H,1-2H2,(H,7,8)(H,9,10)(H,11,12);;/q;+3;+2/p-3. The van der Waals surface area contributed by atoms with Crippen molar-refractivity contribution in [3.8, 4) is 0 Å². The van der Waals surface area contributed by atoms with Crippen LogP contribution in [0.25, 0.3) is 0 Å². The van der Waals surface area contributed by atoms with Crippen LogP contribution in [0.2, 0.25) is 0 Å². The van der Waals surface area contributed by atoms with Gasteiger partial charge in [0.1, 0.15) is 5.60 Å². The van der Waals surface area contributed by atoms with Crippen molar-refractivity contribution in [2.45, 2.75) is 18.4 Å². The van der Waals surface area contributed by atoms with Crippen molar-refractivity contribution in [3.63, 3.8) is 0 Å². The Labute approximate surface area is 114 Å². The molecule has 9 heteroatoms. The molecule has 85 valence electrons. The Morgan fingerprint density at radius 2 is 1.27 bits per heavy atom. The van der Waals surface area contributed by atoms with Gasteiger partial charge in [0, 0.05) is 24.8 Å². The SMILES string of the molecule is O=C([O-])CC(O)(CC(=O)[O-])C(=O)[O-].[Bi+3].[Cu+2]. The van der Waals surface area contributed by atoms with E-state index in [2.05, 4.69) is 0 Å². The summed E-state index contributed by atoms with van der Waals surface area (Å²) in [5.74, 6) is -5.98. The molecule has 7 nitrogen and oxygen atoms in total. The number of carbonyl (C=O) groups excluding carboxylic acids is 3. The minimum Gasteiger partial charge on any atom is -0.550 e. The number of hydrogen-bond acceptors (Lipinski definition) is 7. The molecule has 0 saturated heterocycles. The molecule has 0 aromatic heterocycles. The predicted molar refractivity (Wildman–Crippen MR) is 35.0 cm³/mol. The topological polar surface area (TPSA) is 141 Å². The molecular formula is C6H5BiCuO7+2. The number of hydrogen-bond donors (Lipinski definition) is 1. The fourth-order valence-corrected chi connectivity index (χ4v) is 0.684. The van der Waals surface area contributed by atoms with Crippen LogP contribution < -0.4 is 15.3 Å². The van der Waals surface area contributed by atoms with Gasteiger partial charge >= 0.3 is 43.3 Å². The normalized spacial score (nSPS) is 9.40. The van der Waals surface area contributed by atoms with Gasteiger partial charge in [0.25, 0.3) is 0 Å². The predicted octanol–water partition coefficient (Wildman–Crippen LogP) is -5.64. The van der Waals surface area contributed by atoms with Crippen molar-refractivity contribution in [2.24, 2.45) is 0 Å². The number of aliphatic carboxylic acids is 3. The van der Waals surface area contributed by atoms with E-state index in [0.717, 1.165) is 0 Å². The van der Waals surface area contributed by atoms with Crippen LogP contribution >= 0.6 is 0 Å². The van der Waals surface area contributed by atoms with Crippen molar-refractivity contribution < 1.29 is 51.9 Å². The molecule has 0 aliphatic heterocycles. The van der Waals surface area contributed by atoms with Crippen LogP contribution in [0.15, 0.2) is 0 Å². The monoisotopic (exact) mass is 461 g/mol. The molecule has 0 amide bonds. The first-order valence-corrected chi connectivity index (χ1v) is 3.11. The van der Waals surface area contributed by atoms with Gasteiger partial charge in [-0.15, -0.1) is 0 Å². The van der Waals surface area contributed by atoms with Crippen molar-refractivity contribution in [1.29, 1.82) is 0 Å². The van der Waals surface area contributed by atoms with Crippen LogP contribution in [0, 0.1) is 0 Å². The average Bonchev–Trinajstić information content (AvgIpc) is 1.82. The molecule has 0 aromatic rings. The van der Waals surface area contributed by atoms with E-state index in [0.29, 0.717) is 0 Å². The minimum absolute atomic E-state index is 0. The van der Waals surface area contributed by atoms with Crippen molar-refractivity contribution in [2.75, 3.05) is 0 Å². The van der Waals surface area contributed by atoms with Crippen LogP contribution in [-0.4, -0.2) is 54.8 Å². The van der Waals surface area contributed by atoms with Crippen LogP contribution in [0.3, 0.4) is 0 Å². The molecule has 0 heterocycles. The molecule has 0 aromatic carbocycles. The van der Waals surface area contributed by atoms with Gasteiger partial charge in [-0.25, -0.2) is 0 Å². The maximum absolute atomic E-state index is 10.1. The summed E-state index contributed by atoms with van der Waals surface area (Å²) >= 11 is 0. The first-order chi connectivity index (χ1) is 5.78. The van der Waals surface area contributed by atoms with Gasteiger partial charge in [-0.1, -0.05) is 0 Å². The van der Waals surface area contributed by atoms with E-state index in [1.807, 2.05) is 0 Å². The first kappa shape index (κ1) is 20.2. The van der Waals surface area contributed by atoms with Gasteiger partial charge in [0.15, 0.2) is 0 Å². The molecule has 0 fully saturated rings. The molecule has 0 aliphatic rings. The zero-order valence-electron chi connectivity index (χ0n) is 7.06. The number of carbonyl (C=O) groups is 3. The number of carboxylic acids is 3. The Hall–Kier alpha value is -0.227. The molecule has 0 saturated carbocycles. The van der Waals surface area contributed by atoms with Crippen LogP contribution in [-0.2, 0) is 31.5 Å². The number of rotatable bonds is 5. The first-order valence-electron chi connectivity index (χ1n) is 3.11. The van der Waals surface area contributed by atoms with Crippen molar-refractivity contribution in [1.82, 2.24) is 0 Å². The van der Waals surface area contributed by atoms with Crippen molar-refractivity contribution in [3.05, 3.63) is 0 Å². The Balaban J connectivity index is -0.000000720. The Kier molecular flexibility index (Phi) is 10.8. The van der Waals surface area contributed by atoms with E-state index >= 15 is 0 Å². The summed E-state index contributed by atoms with van der Waals surface area (Å²) in [7, 11) is 0. The van der Waals surface area contributed by atoms with E-state index in [1.165, 1.54) is 0 Å². The molecule has 0 aliphatic carbocycles. The van der Waals surface area contributed by atoms with Gasteiger partial charge in [-0.2, -0.15) is 0 Å².